The van der Waals surface area contributed by atoms with Gasteiger partial charge in [-0.3, -0.25) is 10.2 Å². The fourth-order valence-corrected chi connectivity index (χ4v) is 2.79. The summed E-state index contributed by atoms with van der Waals surface area (Å²) in [5, 5.41) is 2.62. The number of carbonyl (C=O) groups is 1. The van der Waals surface area contributed by atoms with Gasteiger partial charge in [-0.15, -0.1) is 0 Å². The molecule has 0 saturated carbocycles. The van der Waals surface area contributed by atoms with Crippen LogP contribution in [0.2, 0.25) is 0 Å². The van der Waals surface area contributed by atoms with Gasteiger partial charge in [-0.05, 0) is 29.3 Å². The van der Waals surface area contributed by atoms with Gasteiger partial charge in [0.1, 0.15) is 6.04 Å². The number of carbonyl (C=O) groups excluding carboxylic acids is 1. The molecule has 0 aliphatic carbocycles. The molecule has 1 aliphatic heterocycles. The highest BCUT2D eigenvalue weighted by Crippen LogP contribution is 2.38. The van der Waals surface area contributed by atoms with Crippen molar-refractivity contribution in [1.29, 1.82) is 0 Å². The summed E-state index contributed by atoms with van der Waals surface area (Å²) in [6, 6.07) is 8.53. The van der Waals surface area contributed by atoms with Gasteiger partial charge in [-0.2, -0.15) is 13.2 Å². The molecule has 0 bridgehead atoms. The smallest absolute Gasteiger partial charge is 0.288 e. The maximum Gasteiger partial charge on any atom is 0.409 e. The van der Waals surface area contributed by atoms with Crippen molar-refractivity contribution < 1.29 is 18.0 Å². The van der Waals surface area contributed by atoms with Gasteiger partial charge in [0.25, 0.3) is 0 Å². The van der Waals surface area contributed by atoms with Crippen LogP contribution in [-0.2, 0) is 4.79 Å². The molecule has 1 heterocycles. The van der Waals surface area contributed by atoms with Crippen LogP contribution in [-0.4, -0.2) is 23.6 Å². The number of hydrogen-bond donors (Lipinski definition) is 1. The first kappa shape index (κ1) is 14.8. The van der Waals surface area contributed by atoms with Crippen molar-refractivity contribution >= 4 is 16.7 Å². The number of hydrogen-bond acceptors (Lipinski definition) is 2. The number of halogens is 3. The van der Waals surface area contributed by atoms with E-state index in [0.717, 1.165) is 21.3 Å². The summed E-state index contributed by atoms with van der Waals surface area (Å²) in [5.74, 6) is -0.383. The Morgan fingerprint density at radius 1 is 1.14 bits per heavy atom. The predicted molar refractivity (Wildman–Crippen MR) is 76.9 cm³/mol. The molecule has 0 unspecified atom stereocenters. The molecule has 1 fully saturated rings. The molecule has 3 nitrogen and oxygen atoms in total. The van der Waals surface area contributed by atoms with E-state index >= 15 is 0 Å². The number of alkyl halides is 3. The summed E-state index contributed by atoms with van der Waals surface area (Å²) < 4.78 is 40.4. The monoisotopic (exact) mass is 308 g/mol. The second-order valence-corrected chi connectivity index (χ2v) is 5.53. The zero-order valence-electron chi connectivity index (χ0n) is 11.9. The van der Waals surface area contributed by atoms with Gasteiger partial charge < -0.3 is 0 Å². The Morgan fingerprint density at radius 2 is 1.86 bits per heavy atom. The normalized spacial score (nSPS) is 17.7. The second-order valence-electron chi connectivity index (χ2n) is 5.53. The third kappa shape index (κ3) is 2.78. The molecule has 0 spiro atoms. The van der Waals surface area contributed by atoms with E-state index in [1.807, 2.05) is 25.1 Å². The minimum Gasteiger partial charge on any atom is -0.288 e. The maximum absolute atomic E-state index is 13.5. The molecule has 0 aromatic heterocycles. The number of rotatable bonds is 2. The molecule has 6 heteroatoms. The van der Waals surface area contributed by atoms with Gasteiger partial charge in [-0.25, -0.2) is 5.01 Å². The number of nitrogens with one attached hydrogen (secondary N) is 1. The third-order valence-corrected chi connectivity index (χ3v) is 3.81. The summed E-state index contributed by atoms with van der Waals surface area (Å²) in [7, 11) is 0. The fraction of sp³-hybridized carbons (Fsp3) is 0.312. The SMILES string of the molecule is Cc1ccc2ccc([C@H](N3CCC(=O)N3)C(F)(F)F)cc2c1. The van der Waals surface area contributed by atoms with Gasteiger partial charge in [-0.1, -0.05) is 35.9 Å². The van der Waals surface area contributed by atoms with E-state index < -0.39 is 12.2 Å². The Labute approximate surface area is 125 Å². The van der Waals surface area contributed by atoms with Crippen LogP contribution in [0.15, 0.2) is 36.4 Å². The Hall–Kier alpha value is -2.08. The van der Waals surface area contributed by atoms with Crippen LogP contribution in [0.5, 0.6) is 0 Å². The second kappa shape index (κ2) is 5.28. The molecule has 0 radical (unpaired) electrons. The van der Waals surface area contributed by atoms with Crippen molar-refractivity contribution in [3.05, 3.63) is 47.5 Å². The molecule has 2 aromatic carbocycles. The van der Waals surface area contributed by atoms with Gasteiger partial charge in [0, 0.05) is 13.0 Å². The Morgan fingerprint density at radius 3 is 2.50 bits per heavy atom. The molecule has 1 aliphatic rings. The minimum absolute atomic E-state index is 0.0505. The molecule has 1 atom stereocenters. The van der Waals surface area contributed by atoms with E-state index in [-0.39, 0.29) is 24.4 Å². The zero-order chi connectivity index (χ0) is 15.9. The van der Waals surface area contributed by atoms with E-state index in [1.54, 1.807) is 12.1 Å². The Kier molecular flexibility index (Phi) is 3.56. The lowest BCUT2D eigenvalue weighted by Crippen LogP contribution is -2.43. The van der Waals surface area contributed by atoms with Gasteiger partial charge >= 0.3 is 6.18 Å². The van der Waals surface area contributed by atoms with Crippen LogP contribution in [0, 0.1) is 6.92 Å². The Bertz CT molecular complexity index is 727. The van der Waals surface area contributed by atoms with Crippen LogP contribution in [0.4, 0.5) is 13.2 Å². The molecule has 22 heavy (non-hydrogen) atoms. The van der Waals surface area contributed by atoms with Crippen molar-refractivity contribution in [3.63, 3.8) is 0 Å². The molecular weight excluding hydrogens is 293 g/mol. The van der Waals surface area contributed by atoms with Crippen molar-refractivity contribution in [2.45, 2.75) is 25.6 Å². The van der Waals surface area contributed by atoms with Crippen LogP contribution in [0.1, 0.15) is 23.6 Å². The topological polar surface area (TPSA) is 32.3 Å². The first-order valence-electron chi connectivity index (χ1n) is 6.98. The lowest BCUT2D eigenvalue weighted by molar-refractivity contribution is -0.191. The number of amides is 1. The number of aryl methyl sites for hydroxylation is 1. The van der Waals surface area contributed by atoms with Crippen molar-refractivity contribution in [1.82, 2.24) is 10.4 Å². The zero-order valence-corrected chi connectivity index (χ0v) is 11.9. The summed E-state index contributed by atoms with van der Waals surface area (Å²) in [6.45, 7) is 1.95. The average Bonchev–Trinajstić information content (AvgIpc) is 2.83. The first-order valence-corrected chi connectivity index (χ1v) is 6.98. The van der Waals surface area contributed by atoms with Crippen molar-refractivity contribution in [2.75, 3.05) is 6.54 Å². The van der Waals surface area contributed by atoms with Crippen LogP contribution in [0.3, 0.4) is 0 Å². The van der Waals surface area contributed by atoms with E-state index in [2.05, 4.69) is 5.43 Å². The number of benzene rings is 2. The lowest BCUT2D eigenvalue weighted by atomic mass is 10.00. The van der Waals surface area contributed by atoms with E-state index in [0.29, 0.717) is 0 Å². The van der Waals surface area contributed by atoms with E-state index in [9.17, 15) is 18.0 Å². The summed E-state index contributed by atoms with van der Waals surface area (Å²) >= 11 is 0. The van der Waals surface area contributed by atoms with Gasteiger partial charge in [0.15, 0.2) is 0 Å². The number of fused-ring (bicyclic) bond motifs is 1. The molecule has 1 saturated heterocycles. The van der Waals surface area contributed by atoms with Crippen LogP contribution >= 0.6 is 0 Å². The molecule has 1 N–H and O–H groups in total. The molecule has 3 rings (SSSR count). The van der Waals surface area contributed by atoms with Crippen molar-refractivity contribution in [2.24, 2.45) is 0 Å². The minimum atomic E-state index is -4.46. The van der Waals surface area contributed by atoms with Gasteiger partial charge in [0.2, 0.25) is 5.91 Å². The highest BCUT2D eigenvalue weighted by Gasteiger charge is 2.46. The first-order chi connectivity index (χ1) is 10.3. The van der Waals surface area contributed by atoms with Gasteiger partial charge in [0.05, 0.1) is 0 Å². The summed E-state index contributed by atoms with van der Waals surface area (Å²) in [4.78, 5) is 11.3. The molecule has 2 aromatic rings. The summed E-state index contributed by atoms with van der Waals surface area (Å²) in [5.41, 5.74) is 3.41. The standard InChI is InChI=1S/C16H15F3N2O/c1-10-2-3-11-4-5-12(9-13(11)8-10)15(16(17,18)19)21-7-6-14(22)20-21/h2-5,8-9,15H,6-7H2,1H3,(H,20,22)/t15-/m0/s1. The molecule has 116 valence electrons. The van der Waals surface area contributed by atoms with Crippen molar-refractivity contribution in [3.8, 4) is 0 Å². The Balaban J connectivity index is 2.05. The van der Waals surface area contributed by atoms with E-state index in [1.165, 1.54) is 6.07 Å². The van der Waals surface area contributed by atoms with Crippen LogP contribution < -0.4 is 5.43 Å². The summed E-state index contributed by atoms with van der Waals surface area (Å²) in [6.07, 6.45) is -4.38. The molecule has 1 amide bonds. The number of hydrazine groups is 1. The maximum atomic E-state index is 13.5. The van der Waals surface area contributed by atoms with Crippen LogP contribution in [0.25, 0.3) is 10.8 Å². The average molecular weight is 308 g/mol. The third-order valence-electron chi connectivity index (χ3n) is 3.81. The fourth-order valence-electron chi connectivity index (χ4n) is 2.79. The van der Waals surface area contributed by atoms with E-state index in [4.69, 9.17) is 0 Å². The lowest BCUT2D eigenvalue weighted by Gasteiger charge is -2.29. The quantitative estimate of drug-likeness (QED) is 0.921. The number of nitrogens with zero attached hydrogens (tertiary/aromatic N) is 1. The highest BCUT2D eigenvalue weighted by molar-refractivity contribution is 5.84. The molecular formula is C16H15F3N2O. The predicted octanol–water partition coefficient (Wildman–Crippen LogP) is 3.49. The highest BCUT2D eigenvalue weighted by atomic mass is 19.4. The largest absolute Gasteiger partial charge is 0.409 e.